The minimum atomic E-state index is 1.20. The average Bonchev–Trinajstić information content (AvgIpc) is 2.50. The second kappa shape index (κ2) is 6.20. The average molecular weight is 420 g/mol. The van der Waals surface area contributed by atoms with Crippen molar-refractivity contribution < 1.29 is 0 Å². The van der Waals surface area contributed by atoms with E-state index >= 15 is 0 Å². The summed E-state index contributed by atoms with van der Waals surface area (Å²) in [5, 5.41) is 0. The molecule has 0 N–H and O–H groups in total. The third kappa shape index (κ3) is 2.53. The van der Waals surface area contributed by atoms with Crippen LogP contribution in [0.4, 0.5) is 0 Å². The molecule has 0 aliphatic heterocycles. The van der Waals surface area contributed by atoms with E-state index in [0.29, 0.717) is 0 Å². The highest BCUT2D eigenvalue weighted by Crippen LogP contribution is 2.40. The van der Waals surface area contributed by atoms with Crippen molar-refractivity contribution in [3.05, 3.63) is 42.3 Å². The van der Waals surface area contributed by atoms with Gasteiger partial charge in [0, 0.05) is 14.5 Å². The van der Waals surface area contributed by atoms with E-state index < -0.39 is 0 Å². The second-order valence-corrected chi connectivity index (χ2v) is 7.96. The lowest BCUT2D eigenvalue weighted by Gasteiger charge is -2.24. The zero-order valence-electron chi connectivity index (χ0n) is 14.8. The van der Waals surface area contributed by atoms with Gasteiger partial charge in [0.25, 0.3) is 0 Å². The van der Waals surface area contributed by atoms with Crippen LogP contribution in [0.5, 0.6) is 0 Å². The number of hydrogen-bond acceptors (Lipinski definition) is 0. The summed E-state index contributed by atoms with van der Waals surface area (Å²) in [6.07, 6.45) is 0. The molecule has 0 bridgehead atoms. The first-order chi connectivity index (χ1) is 10.1. The molecule has 0 saturated carbocycles. The molecule has 0 atom stereocenters. The number of rotatable bonds is 1. The van der Waals surface area contributed by atoms with Crippen molar-refractivity contribution >= 4 is 58.5 Å². The van der Waals surface area contributed by atoms with E-state index in [-0.39, 0.29) is 0 Å². The van der Waals surface area contributed by atoms with Crippen LogP contribution in [0.3, 0.4) is 0 Å². The first-order valence-corrected chi connectivity index (χ1v) is 9.21. The van der Waals surface area contributed by atoms with Crippen LogP contribution in [-0.4, -0.2) is 15.7 Å². The summed E-state index contributed by atoms with van der Waals surface area (Å²) in [4.78, 5) is 0. The van der Waals surface area contributed by atoms with E-state index in [1.165, 1.54) is 64.4 Å². The van der Waals surface area contributed by atoms with E-state index in [1.807, 2.05) is 0 Å². The van der Waals surface area contributed by atoms with Crippen LogP contribution in [0.1, 0.15) is 33.4 Å². The van der Waals surface area contributed by atoms with Crippen LogP contribution in [0.25, 0.3) is 11.1 Å². The lowest BCUT2D eigenvalue weighted by Crippen LogP contribution is -2.27. The Morgan fingerprint density at radius 3 is 1.18 bits per heavy atom. The van der Waals surface area contributed by atoms with Crippen LogP contribution in [0.2, 0.25) is 0 Å². The first kappa shape index (κ1) is 17.9. The molecule has 4 heteroatoms. The molecule has 2 rings (SSSR count). The first-order valence-electron chi connectivity index (χ1n) is 7.63. The summed E-state index contributed by atoms with van der Waals surface area (Å²) in [6.45, 7) is 13.3. The van der Waals surface area contributed by atoms with Gasteiger partial charge in [0.1, 0.15) is 15.7 Å². The Hall–Kier alpha value is -0.470. The van der Waals surface area contributed by atoms with Crippen molar-refractivity contribution in [1.82, 2.24) is 0 Å². The fourth-order valence-electron chi connectivity index (χ4n) is 3.18. The summed E-state index contributed by atoms with van der Waals surface area (Å²) in [7, 11) is 4.49. The predicted octanol–water partition coefficient (Wildman–Crippen LogP) is 3.25. The van der Waals surface area contributed by atoms with Crippen molar-refractivity contribution in [3.8, 4) is 11.1 Å². The summed E-state index contributed by atoms with van der Waals surface area (Å²) in [5.74, 6) is 0. The molecular weight excluding hydrogens is 398 g/mol. The van der Waals surface area contributed by atoms with Gasteiger partial charge in [-0.3, -0.25) is 0 Å². The Balaban J connectivity index is 3.03. The van der Waals surface area contributed by atoms with Gasteiger partial charge in [-0.1, -0.05) is 22.1 Å². The summed E-state index contributed by atoms with van der Waals surface area (Å²) in [6, 6.07) is 0. The van der Waals surface area contributed by atoms with Crippen molar-refractivity contribution in [1.29, 1.82) is 0 Å². The van der Waals surface area contributed by atoms with Crippen molar-refractivity contribution in [2.75, 3.05) is 0 Å². The maximum absolute atomic E-state index is 3.86. The van der Waals surface area contributed by atoms with Gasteiger partial charge in [0.05, 0.1) is 0 Å². The third-order valence-corrected chi connectivity index (χ3v) is 7.45. The van der Waals surface area contributed by atoms with Gasteiger partial charge in [-0.2, -0.15) is 0 Å². The van der Waals surface area contributed by atoms with Crippen LogP contribution in [0.15, 0.2) is 8.95 Å². The Bertz CT molecular complexity index is 667. The van der Waals surface area contributed by atoms with Crippen molar-refractivity contribution in [2.24, 2.45) is 0 Å². The van der Waals surface area contributed by atoms with Gasteiger partial charge in [0.2, 0.25) is 0 Å². The van der Waals surface area contributed by atoms with Crippen LogP contribution in [0, 0.1) is 41.5 Å². The van der Waals surface area contributed by atoms with Crippen LogP contribution < -0.4 is 10.9 Å². The SMILES string of the molecule is Bc1c(C)c(C)c(C)c(B)c1-c1c(Br)c(C)c(C)c(C)c1Br. The topological polar surface area (TPSA) is 0 Å². The number of halogens is 2. The molecule has 0 aliphatic rings. The summed E-state index contributed by atoms with van der Waals surface area (Å²) in [5.41, 5.74) is 13.6. The van der Waals surface area contributed by atoms with E-state index in [0.717, 1.165) is 0 Å². The molecule has 114 valence electrons. The molecule has 0 radical (unpaired) electrons. The monoisotopic (exact) mass is 418 g/mol. The maximum atomic E-state index is 3.86. The summed E-state index contributed by atoms with van der Waals surface area (Å²) < 4.78 is 2.41. The normalized spacial score (nSPS) is 11.1. The highest BCUT2D eigenvalue weighted by Gasteiger charge is 2.21. The van der Waals surface area contributed by atoms with E-state index in [9.17, 15) is 0 Å². The van der Waals surface area contributed by atoms with Gasteiger partial charge >= 0.3 is 0 Å². The van der Waals surface area contributed by atoms with Crippen molar-refractivity contribution in [3.63, 3.8) is 0 Å². The molecule has 0 heterocycles. The van der Waals surface area contributed by atoms with Crippen LogP contribution in [-0.2, 0) is 0 Å². The number of hydrogen-bond donors (Lipinski definition) is 0. The van der Waals surface area contributed by atoms with E-state index in [2.05, 4.69) is 89.1 Å². The fourth-order valence-corrected chi connectivity index (χ4v) is 4.83. The number of benzene rings is 2. The van der Waals surface area contributed by atoms with Gasteiger partial charge in [-0.05, 0) is 101 Å². The van der Waals surface area contributed by atoms with Gasteiger partial charge in [-0.25, -0.2) is 0 Å². The molecule has 0 saturated heterocycles. The Kier molecular flexibility index (Phi) is 5.04. The van der Waals surface area contributed by atoms with Crippen molar-refractivity contribution in [2.45, 2.75) is 41.5 Å². The molecule has 0 fully saturated rings. The Labute approximate surface area is 153 Å². The minimum absolute atomic E-state index is 1.20. The molecule has 0 amide bonds. The van der Waals surface area contributed by atoms with Gasteiger partial charge in [-0.15, -0.1) is 0 Å². The quantitative estimate of drug-likeness (QED) is 0.623. The zero-order chi connectivity index (χ0) is 16.9. The molecule has 2 aromatic rings. The Morgan fingerprint density at radius 1 is 0.500 bits per heavy atom. The third-order valence-electron chi connectivity index (χ3n) is 5.47. The van der Waals surface area contributed by atoms with E-state index in [4.69, 9.17) is 0 Å². The molecule has 0 aliphatic carbocycles. The lowest BCUT2D eigenvalue weighted by molar-refractivity contribution is 1.23. The highest BCUT2D eigenvalue weighted by atomic mass is 79.9. The predicted molar refractivity (Wildman–Crippen MR) is 112 cm³/mol. The smallest absolute Gasteiger partial charge is 0.0786 e. The Morgan fingerprint density at radius 2 is 0.818 bits per heavy atom. The largest absolute Gasteiger partial charge is 0.140 e. The highest BCUT2D eigenvalue weighted by molar-refractivity contribution is 9.11. The second-order valence-electron chi connectivity index (χ2n) is 6.38. The minimum Gasteiger partial charge on any atom is -0.0786 e. The molecule has 0 aromatic heterocycles. The molecule has 0 unspecified atom stereocenters. The lowest BCUT2D eigenvalue weighted by atomic mass is 9.71. The molecular formula is C18H22B2Br2. The van der Waals surface area contributed by atoms with E-state index in [1.54, 1.807) is 0 Å². The van der Waals surface area contributed by atoms with Gasteiger partial charge < -0.3 is 0 Å². The fraction of sp³-hybridized carbons (Fsp3) is 0.333. The molecule has 22 heavy (non-hydrogen) atoms. The zero-order valence-corrected chi connectivity index (χ0v) is 17.9. The van der Waals surface area contributed by atoms with Gasteiger partial charge in [0.15, 0.2) is 0 Å². The molecule has 2 aromatic carbocycles. The molecule has 0 nitrogen and oxygen atoms in total. The van der Waals surface area contributed by atoms with Crippen LogP contribution >= 0.6 is 31.9 Å². The standard InChI is InChI=1S/C18H22B2Br2/c1-7-9(3)15(19)13(16(20)10(7)4)14-17(21)11(5)8(2)12(6)18(14)22/h19-20H2,1-6H3. The summed E-state index contributed by atoms with van der Waals surface area (Å²) >= 11 is 7.72. The molecule has 0 spiro atoms. The maximum Gasteiger partial charge on any atom is 0.140 e.